The predicted molar refractivity (Wildman–Crippen MR) is 142 cm³/mol. The van der Waals surface area contributed by atoms with Crippen molar-refractivity contribution in [3.05, 3.63) is 51.5 Å². The Morgan fingerprint density at radius 1 is 1.14 bits per heavy atom. The fourth-order valence-electron chi connectivity index (χ4n) is 7.76. The summed E-state index contributed by atoms with van der Waals surface area (Å²) in [6, 6.07) is 11.4. The lowest BCUT2D eigenvalue weighted by atomic mass is 9.67. The molecule has 1 spiro atoms. The van der Waals surface area contributed by atoms with E-state index in [1.807, 2.05) is 0 Å². The Morgan fingerprint density at radius 2 is 1.94 bits per heavy atom. The van der Waals surface area contributed by atoms with Gasteiger partial charge in [0, 0.05) is 42.0 Å². The van der Waals surface area contributed by atoms with Gasteiger partial charge in [0.1, 0.15) is 0 Å². The van der Waals surface area contributed by atoms with Gasteiger partial charge in [-0.3, -0.25) is 4.79 Å². The van der Waals surface area contributed by atoms with E-state index < -0.39 is 0 Å². The normalized spacial score (nSPS) is 33.7. The van der Waals surface area contributed by atoms with Crippen LogP contribution in [0, 0.1) is 18.8 Å². The van der Waals surface area contributed by atoms with Gasteiger partial charge in [-0.2, -0.15) is 0 Å². The zero-order valence-electron chi connectivity index (χ0n) is 21.0. The lowest BCUT2D eigenvalue weighted by Gasteiger charge is -2.47. The average molecular weight is 493 g/mol. The summed E-state index contributed by atoms with van der Waals surface area (Å²) in [6.45, 7) is 4.62. The Kier molecular flexibility index (Phi) is 6.48. The van der Waals surface area contributed by atoms with E-state index in [0.717, 1.165) is 56.0 Å². The second kappa shape index (κ2) is 9.60. The number of likely N-dealkylation sites (tertiary alicyclic amines) is 1. The number of benzene rings is 1. The van der Waals surface area contributed by atoms with Crippen molar-refractivity contribution in [1.82, 2.24) is 15.2 Å². The first-order valence-corrected chi connectivity index (χ1v) is 14.7. The van der Waals surface area contributed by atoms with Crippen LogP contribution < -0.4 is 11.1 Å². The van der Waals surface area contributed by atoms with Gasteiger partial charge in [0.05, 0.1) is 16.6 Å². The fourth-order valence-corrected chi connectivity index (χ4v) is 9.02. The van der Waals surface area contributed by atoms with Crippen molar-refractivity contribution in [2.24, 2.45) is 17.6 Å². The van der Waals surface area contributed by atoms with Crippen molar-refractivity contribution in [3.8, 4) is 0 Å². The molecule has 2 aliphatic carbocycles. The van der Waals surface area contributed by atoms with Crippen LogP contribution in [0.25, 0.3) is 0 Å². The number of rotatable bonds is 3. The Hall–Kier alpha value is -1.76. The van der Waals surface area contributed by atoms with E-state index in [0.29, 0.717) is 23.8 Å². The fraction of sp³-hybridized carbons (Fsp3) is 0.655. The van der Waals surface area contributed by atoms with Gasteiger partial charge in [0.2, 0.25) is 5.91 Å². The van der Waals surface area contributed by atoms with Gasteiger partial charge in [-0.05, 0) is 62.8 Å². The molecule has 2 aromatic rings. The molecule has 1 amide bonds. The zero-order chi connectivity index (χ0) is 24.0. The van der Waals surface area contributed by atoms with E-state index in [1.54, 1.807) is 11.3 Å². The van der Waals surface area contributed by atoms with Gasteiger partial charge in [-0.15, -0.1) is 11.3 Å². The summed E-state index contributed by atoms with van der Waals surface area (Å²) < 4.78 is 0. The number of piperidine rings is 1. The number of aryl methyl sites for hydroxylation is 1. The number of nitrogens with zero attached hydrogens (tertiary/aromatic N) is 2. The molecular formula is C29H40N4OS. The average Bonchev–Trinajstić information content (AvgIpc) is 3.51. The number of thiazole rings is 1. The predicted octanol–water partition coefficient (Wildman–Crippen LogP) is 5.06. The smallest absolute Gasteiger partial charge is 0.228 e. The molecule has 6 heteroatoms. The molecule has 188 valence electrons. The van der Waals surface area contributed by atoms with Gasteiger partial charge in [-0.1, -0.05) is 49.6 Å². The molecule has 35 heavy (non-hydrogen) atoms. The molecule has 3 fully saturated rings. The highest BCUT2D eigenvalue weighted by Crippen LogP contribution is 2.51. The summed E-state index contributed by atoms with van der Waals surface area (Å²) in [5.41, 5.74) is 8.87. The second-order valence-electron chi connectivity index (χ2n) is 11.6. The number of amides is 1. The molecule has 5 unspecified atom stereocenters. The number of hydrogen-bond donors (Lipinski definition) is 2. The molecule has 1 aromatic heterocycles. The Bertz CT molecular complexity index is 1050. The van der Waals surface area contributed by atoms with E-state index in [1.165, 1.54) is 42.5 Å². The van der Waals surface area contributed by atoms with Gasteiger partial charge in [0.15, 0.2) is 0 Å². The maximum absolute atomic E-state index is 14.5. The van der Waals surface area contributed by atoms with Crippen LogP contribution in [0.4, 0.5) is 0 Å². The van der Waals surface area contributed by atoms with Crippen molar-refractivity contribution < 1.29 is 4.79 Å². The lowest BCUT2D eigenvalue weighted by Crippen LogP contribution is -2.55. The van der Waals surface area contributed by atoms with E-state index in [2.05, 4.69) is 47.5 Å². The monoisotopic (exact) mass is 492 g/mol. The van der Waals surface area contributed by atoms with Crippen molar-refractivity contribution in [3.63, 3.8) is 0 Å². The van der Waals surface area contributed by atoms with Crippen molar-refractivity contribution >= 4 is 17.2 Å². The molecule has 5 nitrogen and oxygen atoms in total. The molecule has 6 rings (SSSR count). The highest BCUT2D eigenvalue weighted by atomic mass is 32.1. The summed E-state index contributed by atoms with van der Waals surface area (Å²) in [5, 5.41) is 4.71. The SMILES string of the molecule is Cc1nc2c(s1)C1(CCC2N)CNCC1C(=O)N1CCC(c2ccccc2)CC1C1CCCCC1. The van der Waals surface area contributed by atoms with E-state index >= 15 is 0 Å². The Labute approximate surface area is 213 Å². The van der Waals surface area contributed by atoms with Crippen molar-refractivity contribution in [2.45, 2.75) is 88.1 Å². The molecule has 1 saturated carbocycles. The maximum Gasteiger partial charge on any atom is 0.228 e. The molecular weight excluding hydrogens is 452 g/mol. The first-order valence-electron chi connectivity index (χ1n) is 13.9. The van der Waals surface area contributed by atoms with Crippen LogP contribution in [0.5, 0.6) is 0 Å². The molecule has 4 aliphatic rings. The minimum atomic E-state index is -0.137. The summed E-state index contributed by atoms with van der Waals surface area (Å²) >= 11 is 1.78. The number of hydrogen-bond acceptors (Lipinski definition) is 5. The molecule has 5 atom stereocenters. The van der Waals surface area contributed by atoms with E-state index in [-0.39, 0.29) is 17.4 Å². The van der Waals surface area contributed by atoms with Gasteiger partial charge in [-0.25, -0.2) is 4.98 Å². The molecule has 0 radical (unpaired) electrons. The molecule has 3 N–H and O–H groups in total. The summed E-state index contributed by atoms with van der Waals surface area (Å²) in [7, 11) is 0. The Balaban J connectivity index is 1.30. The van der Waals surface area contributed by atoms with Crippen molar-refractivity contribution in [2.75, 3.05) is 19.6 Å². The van der Waals surface area contributed by atoms with Crippen LogP contribution >= 0.6 is 11.3 Å². The number of fused-ring (bicyclic) bond motifs is 2. The van der Waals surface area contributed by atoms with Crippen LogP contribution in [0.3, 0.4) is 0 Å². The van der Waals surface area contributed by atoms with Gasteiger partial charge in [0.25, 0.3) is 0 Å². The van der Waals surface area contributed by atoms with Gasteiger partial charge < -0.3 is 16.0 Å². The lowest BCUT2D eigenvalue weighted by molar-refractivity contribution is -0.143. The molecule has 2 aliphatic heterocycles. The largest absolute Gasteiger partial charge is 0.339 e. The first-order chi connectivity index (χ1) is 17.1. The first kappa shape index (κ1) is 23.6. The zero-order valence-corrected chi connectivity index (χ0v) is 21.9. The molecule has 3 heterocycles. The number of aromatic nitrogens is 1. The minimum Gasteiger partial charge on any atom is -0.339 e. The number of nitrogens with two attached hydrogens (primary N) is 1. The standard InChI is InChI=1S/C29H40N4OS/c1-19-32-26-24(30)12-14-29(27(26)35-19)18-31-17-23(29)28(34)33-15-13-22(20-8-4-2-5-9-20)16-25(33)21-10-6-3-7-11-21/h2,4-5,8-9,21-25,31H,3,6-7,10-18,30H2,1H3. The summed E-state index contributed by atoms with van der Waals surface area (Å²) in [5.74, 6) is 1.59. The third kappa shape index (κ3) is 4.15. The number of carbonyl (C=O) groups excluding carboxylic acids is 1. The molecule has 1 aromatic carbocycles. The summed E-state index contributed by atoms with van der Waals surface area (Å²) in [4.78, 5) is 23.0. The topological polar surface area (TPSA) is 71.2 Å². The highest BCUT2D eigenvalue weighted by Gasteiger charge is 2.54. The number of nitrogens with one attached hydrogen (secondary N) is 1. The highest BCUT2D eigenvalue weighted by molar-refractivity contribution is 7.11. The summed E-state index contributed by atoms with van der Waals surface area (Å²) in [6.07, 6.45) is 10.6. The van der Waals surface area contributed by atoms with E-state index in [9.17, 15) is 4.79 Å². The Morgan fingerprint density at radius 3 is 2.74 bits per heavy atom. The second-order valence-corrected chi connectivity index (χ2v) is 12.8. The van der Waals surface area contributed by atoms with Crippen LogP contribution in [0.1, 0.15) is 90.9 Å². The number of carbonyl (C=O) groups is 1. The van der Waals surface area contributed by atoms with Crippen LogP contribution in [-0.4, -0.2) is 41.5 Å². The van der Waals surface area contributed by atoms with Crippen LogP contribution in [-0.2, 0) is 10.2 Å². The third-order valence-corrected chi connectivity index (χ3v) is 10.8. The van der Waals surface area contributed by atoms with Crippen LogP contribution in [0.15, 0.2) is 30.3 Å². The molecule has 0 bridgehead atoms. The van der Waals surface area contributed by atoms with Crippen LogP contribution in [0.2, 0.25) is 0 Å². The minimum absolute atomic E-state index is 0.00651. The molecule has 2 saturated heterocycles. The quantitative estimate of drug-likeness (QED) is 0.628. The third-order valence-electron chi connectivity index (χ3n) is 9.61. The van der Waals surface area contributed by atoms with Crippen molar-refractivity contribution in [1.29, 1.82) is 0 Å². The van der Waals surface area contributed by atoms with Gasteiger partial charge >= 0.3 is 0 Å². The maximum atomic E-state index is 14.5. The van der Waals surface area contributed by atoms with E-state index in [4.69, 9.17) is 10.7 Å².